The largest absolute Gasteiger partial charge is 0.495 e. The van der Waals surface area contributed by atoms with Crippen LogP contribution in [-0.2, 0) is 27.8 Å². The molecule has 0 radical (unpaired) electrons. The van der Waals surface area contributed by atoms with Gasteiger partial charge in [0.05, 0.1) is 17.7 Å². The zero-order valence-electron chi connectivity index (χ0n) is 17.7. The lowest BCUT2D eigenvalue weighted by Crippen LogP contribution is -2.50. The van der Waals surface area contributed by atoms with Crippen LogP contribution in [0.5, 0.6) is 5.75 Å². The summed E-state index contributed by atoms with van der Waals surface area (Å²) in [7, 11) is -2.12. The number of fused-ring (bicyclic) bond motifs is 1. The Bertz CT molecular complexity index is 1100. The second kappa shape index (κ2) is 9.47. The smallest absolute Gasteiger partial charge is 0.255 e. The van der Waals surface area contributed by atoms with Crippen LogP contribution in [-0.4, -0.2) is 68.2 Å². The predicted molar refractivity (Wildman–Crippen MR) is 125 cm³/mol. The molecule has 0 bridgehead atoms. The van der Waals surface area contributed by atoms with E-state index in [9.17, 15) is 13.2 Å². The van der Waals surface area contributed by atoms with Gasteiger partial charge in [-0.1, -0.05) is 47.5 Å². The molecule has 2 aliphatic rings. The fourth-order valence-electron chi connectivity index (χ4n) is 4.21. The van der Waals surface area contributed by atoms with Gasteiger partial charge in [-0.15, -0.1) is 0 Å². The van der Waals surface area contributed by atoms with Crippen LogP contribution in [0.15, 0.2) is 47.4 Å². The summed E-state index contributed by atoms with van der Waals surface area (Å²) in [4.78, 5) is 14.8. The molecule has 0 atom stereocenters. The van der Waals surface area contributed by atoms with Gasteiger partial charge in [0.2, 0.25) is 10.0 Å². The fourth-order valence-corrected chi connectivity index (χ4v) is 5.92. The van der Waals surface area contributed by atoms with Crippen LogP contribution in [0.3, 0.4) is 0 Å². The molecule has 1 amide bonds. The Kier molecular flexibility index (Phi) is 6.86. The second-order valence-corrected chi connectivity index (χ2v) is 10.8. The maximum atomic E-state index is 13.4. The number of anilines is 1. The first-order valence-corrected chi connectivity index (χ1v) is 12.7. The molecule has 0 aromatic heterocycles. The number of benzene rings is 2. The number of sulfonamides is 1. The fraction of sp³-hybridized carbons (Fsp3) is 0.409. The van der Waals surface area contributed by atoms with Crippen molar-refractivity contribution in [3.63, 3.8) is 0 Å². The summed E-state index contributed by atoms with van der Waals surface area (Å²) in [6.07, 6.45) is 0.691. The van der Waals surface area contributed by atoms with Crippen LogP contribution in [0.1, 0.15) is 11.1 Å². The number of ether oxygens (including phenoxy) is 1. The van der Waals surface area contributed by atoms with Crippen LogP contribution in [0, 0.1) is 0 Å². The van der Waals surface area contributed by atoms with Gasteiger partial charge in [0, 0.05) is 39.3 Å². The topological polar surface area (TPSA) is 70.2 Å². The van der Waals surface area contributed by atoms with Crippen molar-refractivity contribution in [3.8, 4) is 5.75 Å². The molecule has 0 saturated carbocycles. The highest BCUT2D eigenvalue weighted by Gasteiger charge is 2.31. The van der Waals surface area contributed by atoms with Crippen LogP contribution in [0.4, 0.5) is 5.69 Å². The number of piperazine rings is 1. The number of alkyl halides is 2. The van der Waals surface area contributed by atoms with E-state index < -0.39 is 14.9 Å². The minimum atomic E-state index is -3.67. The molecule has 2 aliphatic heterocycles. The van der Waals surface area contributed by atoms with Crippen molar-refractivity contribution in [3.05, 3.63) is 53.6 Å². The SMILES string of the molecule is COc1ccc(S(=O)(=O)N2CCc3ccccc3C2)cc1N1CCN(C(=O)C(Cl)Cl)CC1. The lowest BCUT2D eigenvalue weighted by Gasteiger charge is -2.37. The summed E-state index contributed by atoms with van der Waals surface area (Å²) in [6, 6.07) is 12.9. The third-order valence-electron chi connectivity index (χ3n) is 6.00. The molecular weight excluding hydrogens is 473 g/mol. The van der Waals surface area contributed by atoms with E-state index in [0.717, 1.165) is 5.56 Å². The van der Waals surface area contributed by atoms with Gasteiger partial charge in [0.25, 0.3) is 5.91 Å². The summed E-state index contributed by atoms with van der Waals surface area (Å²) >= 11 is 11.4. The number of carbonyl (C=O) groups excluding carboxylic acids is 1. The molecule has 0 N–H and O–H groups in total. The van der Waals surface area contributed by atoms with Crippen molar-refractivity contribution in [1.29, 1.82) is 0 Å². The van der Waals surface area contributed by atoms with E-state index in [1.807, 2.05) is 29.2 Å². The molecule has 2 heterocycles. The second-order valence-electron chi connectivity index (χ2n) is 7.80. The average molecular weight is 498 g/mol. The van der Waals surface area contributed by atoms with E-state index in [0.29, 0.717) is 57.1 Å². The highest BCUT2D eigenvalue weighted by atomic mass is 35.5. The number of hydrogen-bond acceptors (Lipinski definition) is 5. The monoisotopic (exact) mass is 497 g/mol. The van der Waals surface area contributed by atoms with E-state index in [1.165, 1.54) is 9.87 Å². The Labute approximate surface area is 198 Å². The third-order valence-corrected chi connectivity index (χ3v) is 8.22. The number of rotatable bonds is 5. The predicted octanol–water partition coefficient (Wildman–Crippen LogP) is 2.89. The molecule has 7 nitrogen and oxygen atoms in total. The van der Waals surface area contributed by atoms with Crippen molar-refractivity contribution in [2.24, 2.45) is 0 Å². The highest BCUT2D eigenvalue weighted by Crippen LogP contribution is 2.34. The molecule has 4 rings (SSSR count). The zero-order valence-corrected chi connectivity index (χ0v) is 20.0. The van der Waals surface area contributed by atoms with Crippen LogP contribution >= 0.6 is 23.2 Å². The normalized spacial score (nSPS) is 17.4. The summed E-state index contributed by atoms with van der Waals surface area (Å²) in [5.74, 6) is 0.266. The van der Waals surface area contributed by atoms with Crippen molar-refractivity contribution in [2.45, 2.75) is 22.7 Å². The lowest BCUT2D eigenvalue weighted by atomic mass is 10.0. The lowest BCUT2D eigenvalue weighted by molar-refractivity contribution is -0.129. The van der Waals surface area contributed by atoms with Gasteiger partial charge in [-0.25, -0.2) is 8.42 Å². The Hall–Kier alpha value is -2.00. The van der Waals surface area contributed by atoms with Gasteiger partial charge in [-0.05, 0) is 35.7 Å². The van der Waals surface area contributed by atoms with Gasteiger partial charge in [-0.2, -0.15) is 4.31 Å². The summed E-state index contributed by atoms with van der Waals surface area (Å²) in [5.41, 5.74) is 2.91. The van der Waals surface area contributed by atoms with E-state index >= 15 is 0 Å². The first kappa shape index (κ1) is 23.2. The Morgan fingerprint density at radius 1 is 1.00 bits per heavy atom. The van der Waals surface area contributed by atoms with Gasteiger partial charge in [-0.3, -0.25) is 4.79 Å². The Morgan fingerprint density at radius 2 is 1.69 bits per heavy atom. The molecule has 2 aromatic carbocycles. The average Bonchev–Trinajstić information content (AvgIpc) is 2.82. The first-order chi connectivity index (χ1) is 15.3. The van der Waals surface area contributed by atoms with Crippen molar-refractivity contribution < 1.29 is 17.9 Å². The number of amides is 1. The maximum Gasteiger partial charge on any atom is 0.255 e. The molecule has 0 unspecified atom stereocenters. The molecule has 2 aromatic rings. The van der Waals surface area contributed by atoms with Crippen molar-refractivity contribution >= 4 is 44.8 Å². The molecular formula is C22H25Cl2N3O4S. The number of methoxy groups -OCH3 is 1. The van der Waals surface area contributed by atoms with E-state index in [4.69, 9.17) is 27.9 Å². The van der Waals surface area contributed by atoms with E-state index in [2.05, 4.69) is 0 Å². The molecule has 1 fully saturated rings. The summed E-state index contributed by atoms with van der Waals surface area (Å²) < 4.78 is 33.9. The number of hydrogen-bond donors (Lipinski definition) is 0. The van der Waals surface area contributed by atoms with Gasteiger partial charge < -0.3 is 14.5 Å². The van der Waals surface area contributed by atoms with E-state index in [-0.39, 0.29) is 10.8 Å². The van der Waals surface area contributed by atoms with E-state index in [1.54, 1.807) is 30.2 Å². The highest BCUT2D eigenvalue weighted by molar-refractivity contribution is 7.89. The van der Waals surface area contributed by atoms with Crippen LogP contribution < -0.4 is 9.64 Å². The van der Waals surface area contributed by atoms with Gasteiger partial charge in [0.1, 0.15) is 5.75 Å². The van der Waals surface area contributed by atoms with Crippen LogP contribution in [0.2, 0.25) is 0 Å². The molecule has 172 valence electrons. The Morgan fingerprint density at radius 3 is 2.34 bits per heavy atom. The standard InChI is InChI=1S/C22H25Cl2N3O4S/c1-31-20-7-6-18(14-19(20)25-10-12-26(13-11-25)22(28)21(23)24)32(29,30)27-9-8-16-4-2-3-5-17(16)15-27/h2-7,14,21H,8-13,15H2,1H3. The summed E-state index contributed by atoms with van der Waals surface area (Å²) in [6.45, 7) is 2.72. The first-order valence-electron chi connectivity index (χ1n) is 10.4. The molecule has 1 saturated heterocycles. The molecule has 10 heteroatoms. The Balaban J connectivity index is 1.57. The minimum Gasteiger partial charge on any atom is -0.495 e. The van der Waals surface area contributed by atoms with Gasteiger partial charge >= 0.3 is 0 Å². The van der Waals surface area contributed by atoms with Crippen LogP contribution in [0.25, 0.3) is 0 Å². The quantitative estimate of drug-likeness (QED) is 0.594. The third kappa shape index (κ3) is 4.55. The maximum absolute atomic E-state index is 13.4. The molecule has 0 aliphatic carbocycles. The minimum absolute atomic E-state index is 0.229. The summed E-state index contributed by atoms with van der Waals surface area (Å²) in [5, 5.41) is 0. The zero-order chi connectivity index (χ0) is 22.9. The number of nitrogens with zero attached hydrogens (tertiary/aromatic N) is 3. The number of carbonyl (C=O) groups is 1. The van der Waals surface area contributed by atoms with Gasteiger partial charge in [0.15, 0.2) is 4.84 Å². The molecule has 0 spiro atoms. The molecule has 32 heavy (non-hydrogen) atoms. The number of halogens is 2. The van der Waals surface area contributed by atoms with Crippen molar-refractivity contribution in [2.75, 3.05) is 44.7 Å². The van der Waals surface area contributed by atoms with Crippen molar-refractivity contribution in [1.82, 2.24) is 9.21 Å².